The van der Waals surface area contributed by atoms with Crippen molar-refractivity contribution in [2.45, 2.75) is 45.8 Å². The van der Waals surface area contributed by atoms with Crippen LogP contribution in [-0.4, -0.2) is 89.7 Å². The first-order valence-corrected chi connectivity index (χ1v) is 19.1. The van der Waals surface area contributed by atoms with E-state index in [2.05, 4.69) is 29.2 Å². The Bertz CT molecular complexity index is 2210. The highest BCUT2D eigenvalue weighted by molar-refractivity contribution is 6.07. The van der Waals surface area contributed by atoms with E-state index in [4.69, 9.17) is 9.47 Å². The average molecular weight is 738 g/mol. The van der Waals surface area contributed by atoms with Gasteiger partial charge in [0.1, 0.15) is 5.75 Å². The van der Waals surface area contributed by atoms with Crippen molar-refractivity contribution < 1.29 is 23.9 Å². The molecule has 282 valence electrons. The monoisotopic (exact) mass is 737 g/mol. The number of carbonyl (C=O) groups excluding carboxylic acids is 3. The first-order chi connectivity index (χ1) is 26.7. The number of hydrogen-bond donors (Lipinski definition) is 0. The van der Waals surface area contributed by atoms with Gasteiger partial charge in [0.15, 0.2) is 0 Å². The molecule has 1 aromatic heterocycles. The van der Waals surface area contributed by atoms with E-state index >= 15 is 4.79 Å². The molecule has 8 rings (SSSR count). The van der Waals surface area contributed by atoms with Crippen LogP contribution in [0, 0.1) is 13.8 Å². The van der Waals surface area contributed by atoms with Gasteiger partial charge in [-0.3, -0.25) is 14.5 Å². The molecule has 0 spiro atoms. The molecular formula is C45H47N5O5. The van der Waals surface area contributed by atoms with Crippen LogP contribution < -0.4 is 9.64 Å². The fourth-order valence-electron chi connectivity index (χ4n) is 8.12. The third kappa shape index (κ3) is 7.39. The summed E-state index contributed by atoms with van der Waals surface area (Å²) in [7, 11) is 1.79. The average Bonchev–Trinajstić information content (AvgIpc) is 3.52. The van der Waals surface area contributed by atoms with E-state index in [9.17, 15) is 9.59 Å². The molecule has 1 fully saturated rings. The van der Waals surface area contributed by atoms with E-state index in [0.717, 1.165) is 65.4 Å². The van der Waals surface area contributed by atoms with Crippen LogP contribution in [0.15, 0.2) is 103 Å². The molecule has 5 aromatic rings. The van der Waals surface area contributed by atoms with Gasteiger partial charge in [-0.05, 0) is 90.9 Å². The number of carbonyl (C=O) groups is 3. The molecule has 0 bridgehead atoms. The van der Waals surface area contributed by atoms with Crippen LogP contribution >= 0.6 is 0 Å². The van der Waals surface area contributed by atoms with Crippen molar-refractivity contribution in [2.24, 2.45) is 0 Å². The maximum Gasteiger partial charge on any atom is 0.415 e. The van der Waals surface area contributed by atoms with Crippen molar-refractivity contribution >= 4 is 23.6 Å². The maximum atomic E-state index is 15.3. The van der Waals surface area contributed by atoms with Crippen LogP contribution in [0.1, 0.15) is 54.2 Å². The van der Waals surface area contributed by atoms with Crippen LogP contribution in [-0.2, 0) is 30.7 Å². The van der Waals surface area contributed by atoms with Gasteiger partial charge in [0.2, 0.25) is 0 Å². The number of para-hydroxylation sites is 2. The standard InChI is InChI=1S/C45H47N5O5/c1-31-32(2)49(30-41(31)43(51)46(3)37-14-6-4-7-15-37)42-26-34-18-19-48(45(53)55-39-16-8-5-9-17-39)27-36(34)25-40(42)44(52)50-28-35-13-11-10-12-33(35)24-38(50)29-47-20-22-54-23-21-47/h4-17,25-26,30,38H,18-24,27-29H2,1-3H3/t38-/m0/s1. The van der Waals surface area contributed by atoms with E-state index in [-0.39, 0.29) is 17.9 Å². The molecule has 0 unspecified atom stereocenters. The second-order valence-electron chi connectivity index (χ2n) is 14.8. The van der Waals surface area contributed by atoms with Crippen molar-refractivity contribution in [3.8, 4) is 11.4 Å². The molecule has 0 aliphatic carbocycles. The highest BCUT2D eigenvalue weighted by atomic mass is 16.6. The Hall–Kier alpha value is -5.71. The predicted octanol–water partition coefficient (Wildman–Crippen LogP) is 6.83. The lowest BCUT2D eigenvalue weighted by Crippen LogP contribution is -2.52. The van der Waals surface area contributed by atoms with Gasteiger partial charge in [0.05, 0.1) is 30.0 Å². The lowest BCUT2D eigenvalue weighted by molar-refractivity contribution is 0.0193. The molecule has 55 heavy (non-hydrogen) atoms. The number of nitrogens with zero attached hydrogens (tertiary/aromatic N) is 5. The van der Waals surface area contributed by atoms with Crippen molar-refractivity contribution in [3.63, 3.8) is 0 Å². The van der Waals surface area contributed by atoms with E-state index in [1.165, 1.54) is 5.56 Å². The number of benzene rings is 4. The zero-order valence-corrected chi connectivity index (χ0v) is 31.7. The van der Waals surface area contributed by atoms with E-state index in [1.54, 1.807) is 29.0 Å². The Labute approximate surface area is 322 Å². The Morgan fingerprint density at radius 3 is 2.22 bits per heavy atom. The van der Waals surface area contributed by atoms with Crippen molar-refractivity contribution in [3.05, 3.63) is 148 Å². The number of aromatic nitrogens is 1. The van der Waals surface area contributed by atoms with Gasteiger partial charge in [-0.15, -0.1) is 0 Å². The quantitative estimate of drug-likeness (QED) is 0.182. The zero-order valence-electron chi connectivity index (χ0n) is 31.7. The maximum absolute atomic E-state index is 15.3. The molecule has 4 heterocycles. The Kier molecular flexibility index (Phi) is 10.3. The number of fused-ring (bicyclic) bond motifs is 2. The molecule has 0 saturated carbocycles. The zero-order chi connectivity index (χ0) is 38.1. The van der Waals surface area contributed by atoms with Gasteiger partial charge in [-0.1, -0.05) is 60.7 Å². The fraction of sp³-hybridized carbons (Fsp3) is 0.311. The van der Waals surface area contributed by atoms with E-state index in [1.807, 2.05) is 90.2 Å². The van der Waals surface area contributed by atoms with Gasteiger partial charge in [-0.2, -0.15) is 0 Å². The lowest BCUT2D eigenvalue weighted by Gasteiger charge is -2.41. The van der Waals surface area contributed by atoms with Crippen LogP contribution in [0.5, 0.6) is 5.75 Å². The van der Waals surface area contributed by atoms with Crippen LogP contribution in [0.25, 0.3) is 5.69 Å². The number of amides is 3. The Balaban J connectivity index is 1.19. The summed E-state index contributed by atoms with van der Waals surface area (Å²) in [4.78, 5) is 50.5. The predicted molar refractivity (Wildman–Crippen MR) is 212 cm³/mol. The molecule has 1 saturated heterocycles. The molecular weight excluding hydrogens is 691 g/mol. The largest absolute Gasteiger partial charge is 0.415 e. The molecule has 3 aliphatic rings. The van der Waals surface area contributed by atoms with Crippen molar-refractivity contribution in [1.29, 1.82) is 0 Å². The van der Waals surface area contributed by atoms with E-state index < -0.39 is 6.09 Å². The smallest absolute Gasteiger partial charge is 0.410 e. The summed E-state index contributed by atoms with van der Waals surface area (Å²) >= 11 is 0. The van der Waals surface area contributed by atoms with Gasteiger partial charge in [0.25, 0.3) is 11.8 Å². The highest BCUT2D eigenvalue weighted by Gasteiger charge is 2.35. The third-order valence-electron chi connectivity index (χ3n) is 11.5. The number of ether oxygens (including phenoxy) is 2. The summed E-state index contributed by atoms with van der Waals surface area (Å²) in [5.74, 6) is 0.291. The minimum absolute atomic E-state index is 0.0501. The number of morpholine rings is 1. The SMILES string of the molecule is Cc1c(C(=O)N(C)c2ccccc2)cn(-c2cc3c(cc2C(=O)N2Cc4ccccc4C[C@H]2CN2CCOCC2)CN(C(=O)Oc2ccccc2)CC3)c1C. The number of rotatable bonds is 7. The van der Waals surface area contributed by atoms with Gasteiger partial charge >= 0.3 is 6.09 Å². The summed E-state index contributed by atoms with van der Waals surface area (Å²) in [6.07, 6.45) is 2.81. The first kappa shape index (κ1) is 36.3. The van der Waals surface area contributed by atoms with Crippen LogP contribution in [0.2, 0.25) is 0 Å². The lowest BCUT2D eigenvalue weighted by atomic mass is 9.91. The van der Waals surface area contributed by atoms with Gasteiger partial charge in [-0.25, -0.2) is 4.79 Å². The number of anilines is 1. The third-order valence-corrected chi connectivity index (χ3v) is 11.5. The molecule has 10 nitrogen and oxygen atoms in total. The summed E-state index contributed by atoms with van der Waals surface area (Å²) in [6, 6.07) is 31.1. The van der Waals surface area contributed by atoms with Crippen LogP contribution in [0.4, 0.5) is 10.5 Å². The first-order valence-electron chi connectivity index (χ1n) is 19.1. The molecule has 4 aromatic carbocycles. The molecule has 3 aliphatic heterocycles. The van der Waals surface area contributed by atoms with Gasteiger partial charge < -0.3 is 28.7 Å². The normalized spacial score (nSPS) is 17.0. The molecule has 10 heteroatoms. The molecule has 3 amide bonds. The molecule has 1 atom stereocenters. The summed E-state index contributed by atoms with van der Waals surface area (Å²) in [5, 5.41) is 0. The second kappa shape index (κ2) is 15.6. The van der Waals surface area contributed by atoms with E-state index in [0.29, 0.717) is 56.1 Å². The molecule has 0 radical (unpaired) electrons. The van der Waals surface area contributed by atoms with Crippen molar-refractivity contribution in [1.82, 2.24) is 19.3 Å². The Morgan fingerprint density at radius 2 is 1.47 bits per heavy atom. The second-order valence-corrected chi connectivity index (χ2v) is 14.8. The fourth-order valence-corrected chi connectivity index (χ4v) is 8.12. The van der Waals surface area contributed by atoms with Gasteiger partial charge in [0, 0.05) is 69.9 Å². The van der Waals surface area contributed by atoms with Crippen LogP contribution in [0.3, 0.4) is 0 Å². The summed E-state index contributed by atoms with van der Waals surface area (Å²) in [6.45, 7) is 9.02. The topological polar surface area (TPSA) is 87.6 Å². The summed E-state index contributed by atoms with van der Waals surface area (Å²) < 4.78 is 13.4. The summed E-state index contributed by atoms with van der Waals surface area (Å²) in [5.41, 5.74) is 8.77. The Morgan fingerprint density at radius 1 is 0.782 bits per heavy atom. The minimum atomic E-state index is -0.422. The highest BCUT2D eigenvalue weighted by Crippen LogP contribution is 2.33. The van der Waals surface area contributed by atoms with Crippen molar-refractivity contribution in [2.75, 3.05) is 51.3 Å². The number of hydrogen-bond acceptors (Lipinski definition) is 6. The minimum Gasteiger partial charge on any atom is -0.410 e. The molecule has 0 N–H and O–H groups in total.